The Morgan fingerprint density at radius 3 is 2.53 bits per heavy atom. The van der Waals surface area contributed by atoms with Gasteiger partial charge in [-0.1, -0.05) is 36.4 Å². The Labute approximate surface area is 113 Å². The summed E-state index contributed by atoms with van der Waals surface area (Å²) in [7, 11) is 0. The number of rotatable bonds is 8. The number of carbonyl (C=O) groups is 2. The summed E-state index contributed by atoms with van der Waals surface area (Å²) in [5.74, 6) is -1.19. The number of aliphatic carboxylic acids is 1. The van der Waals surface area contributed by atoms with Gasteiger partial charge in [0.1, 0.15) is 0 Å². The molecule has 1 atom stereocenters. The van der Waals surface area contributed by atoms with Crippen LogP contribution in [-0.4, -0.2) is 23.0 Å². The highest BCUT2D eigenvalue weighted by atomic mass is 16.4. The van der Waals surface area contributed by atoms with Gasteiger partial charge in [0, 0.05) is 12.5 Å². The second kappa shape index (κ2) is 8.08. The first-order chi connectivity index (χ1) is 9.11. The molecule has 0 fully saturated rings. The lowest BCUT2D eigenvalue weighted by Crippen LogP contribution is -2.36. The fraction of sp³-hybridized carbons (Fsp3) is 0.333. The lowest BCUT2D eigenvalue weighted by Gasteiger charge is -2.17. The molecule has 0 bridgehead atoms. The largest absolute Gasteiger partial charge is 0.481 e. The van der Waals surface area contributed by atoms with Gasteiger partial charge in [0.15, 0.2) is 0 Å². The van der Waals surface area contributed by atoms with Gasteiger partial charge < -0.3 is 10.4 Å². The molecule has 0 aliphatic carbocycles. The van der Waals surface area contributed by atoms with Gasteiger partial charge in [0.25, 0.3) is 0 Å². The Hall–Kier alpha value is -2.10. The Kier molecular flexibility index (Phi) is 6.36. The predicted octanol–water partition coefficient (Wildman–Crippen LogP) is 2.15. The quantitative estimate of drug-likeness (QED) is 0.705. The van der Waals surface area contributed by atoms with Crippen molar-refractivity contribution in [2.75, 3.05) is 0 Å². The summed E-state index contributed by atoms with van der Waals surface area (Å²) in [6.45, 7) is 3.68. The van der Waals surface area contributed by atoms with E-state index in [1.165, 1.54) is 0 Å². The molecule has 0 aliphatic rings. The van der Waals surface area contributed by atoms with Crippen molar-refractivity contribution in [1.29, 1.82) is 0 Å². The van der Waals surface area contributed by atoms with E-state index < -0.39 is 5.97 Å². The Morgan fingerprint density at radius 1 is 1.26 bits per heavy atom. The number of amides is 1. The van der Waals surface area contributed by atoms with E-state index in [1.54, 1.807) is 6.08 Å². The third-order valence-corrected chi connectivity index (χ3v) is 2.71. The van der Waals surface area contributed by atoms with Crippen molar-refractivity contribution in [3.8, 4) is 0 Å². The number of benzene rings is 1. The average Bonchev–Trinajstić information content (AvgIpc) is 2.38. The maximum Gasteiger partial charge on any atom is 0.303 e. The number of carboxylic acids is 1. The molecular weight excluding hydrogens is 242 g/mol. The van der Waals surface area contributed by atoms with Crippen LogP contribution in [-0.2, 0) is 16.0 Å². The van der Waals surface area contributed by atoms with Gasteiger partial charge in [-0.3, -0.25) is 9.59 Å². The fourth-order valence-electron chi connectivity index (χ4n) is 1.81. The van der Waals surface area contributed by atoms with E-state index >= 15 is 0 Å². The number of carbonyl (C=O) groups excluding carboxylic acids is 1. The molecule has 1 aromatic rings. The molecule has 1 rings (SSSR count). The standard InChI is InChI=1S/C15H19NO3/c1-2-6-13(11-12-7-4-3-5-8-12)16-14(17)9-10-15(18)19/h2-5,7-8,13H,1,6,9-11H2,(H,16,17)(H,18,19)/t13-/m1/s1. The molecule has 2 N–H and O–H groups in total. The zero-order chi connectivity index (χ0) is 14.1. The van der Waals surface area contributed by atoms with E-state index in [1.807, 2.05) is 30.3 Å². The molecule has 4 heteroatoms. The lowest BCUT2D eigenvalue weighted by atomic mass is 10.0. The summed E-state index contributed by atoms with van der Waals surface area (Å²) >= 11 is 0. The van der Waals surface area contributed by atoms with Crippen LogP contribution in [0.1, 0.15) is 24.8 Å². The molecule has 19 heavy (non-hydrogen) atoms. The van der Waals surface area contributed by atoms with Gasteiger partial charge in [-0.25, -0.2) is 0 Å². The summed E-state index contributed by atoms with van der Waals surface area (Å²) in [5.41, 5.74) is 1.13. The van der Waals surface area contributed by atoms with E-state index in [0.717, 1.165) is 5.56 Å². The van der Waals surface area contributed by atoms with Gasteiger partial charge in [-0.05, 0) is 18.4 Å². The first-order valence-corrected chi connectivity index (χ1v) is 6.27. The van der Waals surface area contributed by atoms with Crippen molar-refractivity contribution in [3.05, 3.63) is 48.6 Å². The average molecular weight is 261 g/mol. The van der Waals surface area contributed by atoms with Crippen molar-refractivity contribution < 1.29 is 14.7 Å². The first-order valence-electron chi connectivity index (χ1n) is 6.27. The molecule has 1 aromatic carbocycles. The second-order valence-corrected chi connectivity index (χ2v) is 4.37. The highest BCUT2D eigenvalue weighted by Crippen LogP contribution is 2.07. The highest BCUT2D eigenvalue weighted by molar-refractivity contribution is 5.80. The Morgan fingerprint density at radius 2 is 1.95 bits per heavy atom. The summed E-state index contributed by atoms with van der Waals surface area (Å²) in [4.78, 5) is 22.0. The van der Waals surface area contributed by atoms with E-state index in [4.69, 9.17) is 5.11 Å². The summed E-state index contributed by atoms with van der Waals surface area (Å²) in [6, 6.07) is 9.80. The van der Waals surface area contributed by atoms with Crippen molar-refractivity contribution in [1.82, 2.24) is 5.32 Å². The molecule has 0 saturated heterocycles. The van der Waals surface area contributed by atoms with Crippen LogP contribution in [0.5, 0.6) is 0 Å². The fourth-order valence-corrected chi connectivity index (χ4v) is 1.81. The summed E-state index contributed by atoms with van der Waals surface area (Å²) in [5, 5.41) is 11.4. The number of hydrogen-bond acceptors (Lipinski definition) is 2. The molecule has 102 valence electrons. The molecule has 0 aromatic heterocycles. The van der Waals surface area contributed by atoms with Gasteiger partial charge in [-0.15, -0.1) is 6.58 Å². The molecular formula is C15H19NO3. The van der Waals surface area contributed by atoms with Crippen molar-refractivity contribution >= 4 is 11.9 Å². The Balaban J connectivity index is 2.50. The third-order valence-electron chi connectivity index (χ3n) is 2.71. The predicted molar refractivity (Wildman–Crippen MR) is 73.8 cm³/mol. The second-order valence-electron chi connectivity index (χ2n) is 4.37. The smallest absolute Gasteiger partial charge is 0.303 e. The maximum atomic E-state index is 11.6. The van der Waals surface area contributed by atoms with E-state index in [-0.39, 0.29) is 24.8 Å². The normalized spacial score (nSPS) is 11.6. The minimum absolute atomic E-state index is 0.0117. The zero-order valence-corrected chi connectivity index (χ0v) is 10.8. The monoisotopic (exact) mass is 261 g/mol. The van der Waals surface area contributed by atoms with Gasteiger partial charge in [0.05, 0.1) is 6.42 Å². The summed E-state index contributed by atoms with van der Waals surface area (Å²) in [6.07, 6.45) is 3.00. The van der Waals surface area contributed by atoms with Crippen LogP contribution in [0.15, 0.2) is 43.0 Å². The van der Waals surface area contributed by atoms with Crippen molar-refractivity contribution in [2.45, 2.75) is 31.7 Å². The van der Waals surface area contributed by atoms with Crippen LogP contribution in [0.4, 0.5) is 0 Å². The summed E-state index contributed by atoms with van der Waals surface area (Å²) < 4.78 is 0. The minimum Gasteiger partial charge on any atom is -0.481 e. The van der Waals surface area contributed by atoms with E-state index in [0.29, 0.717) is 12.8 Å². The van der Waals surface area contributed by atoms with Crippen LogP contribution in [0, 0.1) is 0 Å². The molecule has 0 aliphatic heterocycles. The number of carboxylic acid groups (broad SMARTS) is 1. The number of hydrogen-bond donors (Lipinski definition) is 2. The van der Waals surface area contributed by atoms with Crippen LogP contribution in [0.3, 0.4) is 0 Å². The topological polar surface area (TPSA) is 66.4 Å². The van der Waals surface area contributed by atoms with Crippen molar-refractivity contribution in [3.63, 3.8) is 0 Å². The maximum absolute atomic E-state index is 11.6. The molecule has 0 heterocycles. The number of nitrogens with one attached hydrogen (secondary N) is 1. The lowest BCUT2D eigenvalue weighted by molar-refractivity contribution is -0.138. The highest BCUT2D eigenvalue weighted by Gasteiger charge is 2.12. The SMILES string of the molecule is C=CC[C@H](Cc1ccccc1)NC(=O)CCC(=O)O. The van der Waals surface area contributed by atoms with E-state index in [9.17, 15) is 9.59 Å². The molecule has 0 unspecified atom stereocenters. The molecule has 1 amide bonds. The molecule has 0 spiro atoms. The molecule has 0 radical (unpaired) electrons. The van der Waals surface area contributed by atoms with Crippen LogP contribution >= 0.6 is 0 Å². The van der Waals surface area contributed by atoms with Gasteiger partial charge in [0.2, 0.25) is 5.91 Å². The first kappa shape index (κ1) is 15.0. The third kappa shape index (κ3) is 6.41. The zero-order valence-electron chi connectivity index (χ0n) is 10.8. The van der Waals surface area contributed by atoms with Crippen LogP contribution < -0.4 is 5.32 Å². The van der Waals surface area contributed by atoms with Crippen molar-refractivity contribution in [2.24, 2.45) is 0 Å². The van der Waals surface area contributed by atoms with Gasteiger partial charge in [-0.2, -0.15) is 0 Å². The Bertz CT molecular complexity index is 428. The minimum atomic E-state index is -0.960. The van der Waals surface area contributed by atoms with E-state index in [2.05, 4.69) is 11.9 Å². The van der Waals surface area contributed by atoms with Crippen LogP contribution in [0.2, 0.25) is 0 Å². The molecule has 4 nitrogen and oxygen atoms in total. The van der Waals surface area contributed by atoms with Gasteiger partial charge >= 0.3 is 5.97 Å². The molecule has 0 saturated carbocycles. The van der Waals surface area contributed by atoms with Crippen LogP contribution in [0.25, 0.3) is 0 Å².